The SMILES string of the molecule is Cc1cc(C)c(-c2cc(F)c(F)c([C@H](CC(=O)O)NC(=O)[C@H](CC(C)C)NC(=O)c3cccn(CCN4CCC4(C)C)c3=O)c2)c(C)c1. The molecular weight excluding hydrogens is 618 g/mol. The predicted molar refractivity (Wildman–Crippen MR) is 181 cm³/mol. The quantitative estimate of drug-likeness (QED) is 0.216. The monoisotopic (exact) mass is 664 g/mol. The highest BCUT2D eigenvalue weighted by Crippen LogP contribution is 2.34. The van der Waals surface area contributed by atoms with E-state index in [0.717, 1.165) is 35.7 Å². The molecule has 1 aliphatic heterocycles. The van der Waals surface area contributed by atoms with E-state index in [2.05, 4.69) is 29.4 Å². The van der Waals surface area contributed by atoms with Crippen LogP contribution in [0.15, 0.2) is 47.4 Å². The third-order valence-electron chi connectivity index (χ3n) is 9.15. The van der Waals surface area contributed by atoms with E-state index in [0.29, 0.717) is 24.2 Å². The molecule has 3 aromatic rings. The zero-order valence-corrected chi connectivity index (χ0v) is 28.7. The average molecular weight is 665 g/mol. The standard InChI is InChI=1S/C37H46F2N4O5/c1-21(2)15-30(41-34(46)26-9-8-11-42(36(26)48)13-14-43-12-10-37(43,6)7)35(47)40-29(20-31(44)45)27-18-25(19-28(38)33(27)39)32-23(4)16-22(3)17-24(32)5/h8-9,11,16-19,21,29-30H,10,12-15,20H2,1-7H3,(H,40,47)(H,41,46)(H,44,45)/t29-,30-/m0/s1. The van der Waals surface area contributed by atoms with E-state index in [1.807, 2.05) is 46.8 Å². The number of halogens is 2. The Labute approximate surface area is 280 Å². The van der Waals surface area contributed by atoms with Crippen molar-refractivity contribution in [3.8, 4) is 11.1 Å². The molecule has 1 aromatic heterocycles. The Morgan fingerprint density at radius 1 is 1.00 bits per heavy atom. The van der Waals surface area contributed by atoms with Crippen LogP contribution in [0.25, 0.3) is 11.1 Å². The Morgan fingerprint density at radius 3 is 2.23 bits per heavy atom. The summed E-state index contributed by atoms with van der Waals surface area (Å²) >= 11 is 0. The number of pyridine rings is 1. The fraction of sp³-hybridized carbons (Fsp3) is 0.459. The van der Waals surface area contributed by atoms with Gasteiger partial charge in [-0.15, -0.1) is 0 Å². The van der Waals surface area contributed by atoms with Crippen LogP contribution in [-0.2, 0) is 16.1 Å². The van der Waals surface area contributed by atoms with E-state index in [9.17, 15) is 24.3 Å². The van der Waals surface area contributed by atoms with E-state index in [1.165, 1.54) is 16.7 Å². The number of hydrogen-bond acceptors (Lipinski definition) is 5. The van der Waals surface area contributed by atoms with Gasteiger partial charge in [-0.3, -0.25) is 24.1 Å². The number of nitrogens with zero attached hydrogens (tertiary/aromatic N) is 2. The summed E-state index contributed by atoms with van der Waals surface area (Å²) in [5, 5.41) is 14.9. The van der Waals surface area contributed by atoms with Gasteiger partial charge in [-0.1, -0.05) is 31.5 Å². The van der Waals surface area contributed by atoms with E-state index >= 15 is 8.78 Å². The van der Waals surface area contributed by atoms with Crippen molar-refractivity contribution >= 4 is 17.8 Å². The molecule has 1 fully saturated rings. The number of aromatic nitrogens is 1. The Morgan fingerprint density at radius 2 is 1.67 bits per heavy atom. The number of likely N-dealkylation sites (tertiary alicyclic amines) is 1. The molecule has 2 atom stereocenters. The van der Waals surface area contributed by atoms with Gasteiger partial charge >= 0.3 is 5.97 Å². The first-order valence-corrected chi connectivity index (χ1v) is 16.3. The zero-order chi connectivity index (χ0) is 35.5. The van der Waals surface area contributed by atoms with Crippen molar-refractivity contribution in [2.75, 3.05) is 13.1 Å². The molecule has 0 bridgehead atoms. The molecule has 2 amide bonds. The normalized spacial score (nSPS) is 15.5. The van der Waals surface area contributed by atoms with Crippen molar-refractivity contribution in [3.05, 3.63) is 92.4 Å². The van der Waals surface area contributed by atoms with Crippen molar-refractivity contribution in [1.29, 1.82) is 0 Å². The van der Waals surface area contributed by atoms with Gasteiger partial charge in [0.15, 0.2) is 11.6 Å². The number of rotatable bonds is 13. The first-order chi connectivity index (χ1) is 22.5. The molecule has 1 saturated heterocycles. The summed E-state index contributed by atoms with van der Waals surface area (Å²) in [5.41, 5.74) is 2.75. The molecule has 2 aromatic carbocycles. The lowest BCUT2D eigenvalue weighted by atomic mass is 9.89. The van der Waals surface area contributed by atoms with Crippen molar-refractivity contribution < 1.29 is 28.3 Å². The number of carboxylic acid groups (broad SMARTS) is 1. The molecule has 48 heavy (non-hydrogen) atoms. The second-order valence-electron chi connectivity index (χ2n) is 13.9. The lowest BCUT2D eigenvalue weighted by Gasteiger charge is -2.48. The number of benzene rings is 2. The fourth-order valence-electron chi connectivity index (χ4n) is 6.51. The maximum atomic E-state index is 15.4. The molecule has 0 saturated carbocycles. The number of carbonyl (C=O) groups excluding carboxylic acids is 2. The van der Waals surface area contributed by atoms with Crippen LogP contribution >= 0.6 is 0 Å². The molecule has 0 unspecified atom stereocenters. The number of hydrogen-bond donors (Lipinski definition) is 3. The van der Waals surface area contributed by atoms with Gasteiger partial charge in [-0.05, 0) is 99.9 Å². The minimum absolute atomic E-state index is 0.0586. The molecule has 3 N–H and O–H groups in total. The Kier molecular flexibility index (Phi) is 11.2. The molecular formula is C37H46F2N4O5. The highest BCUT2D eigenvalue weighted by molar-refractivity contribution is 5.97. The van der Waals surface area contributed by atoms with E-state index in [1.54, 1.807) is 12.3 Å². The van der Waals surface area contributed by atoms with Crippen LogP contribution in [0.3, 0.4) is 0 Å². The Balaban J connectivity index is 1.61. The van der Waals surface area contributed by atoms with E-state index in [4.69, 9.17) is 0 Å². The van der Waals surface area contributed by atoms with Crippen LogP contribution in [0.1, 0.15) is 85.6 Å². The minimum Gasteiger partial charge on any atom is -0.481 e. The molecule has 0 radical (unpaired) electrons. The summed E-state index contributed by atoms with van der Waals surface area (Å²) < 4.78 is 32.0. The second kappa shape index (κ2) is 14.8. The first kappa shape index (κ1) is 36.5. The average Bonchev–Trinajstić information content (AvgIpc) is 2.97. The number of carboxylic acids is 1. The molecule has 258 valence electrons. The third-order valence-corrected chi connectivity index (χ3v) is 9.15. The summed E-state index contributed by atoms with van der Waals surface area (Å²) in [5.74, 6) is -5.45. The van der Waals surface area contributed by atoms with Gasteiger partial charge in [0, 0.05) is 36.9 Å². The lowest BCUT2D eigenvalue weighted by Crippen LogP contribution is -2.56. The number of aryl methyl sites for hydroxylation is 3. The smallest absolute Gasteiger partial charge is 0.305 e. The Hall–Kier alpha value is -4.38. The van der Waals surface area contributed by atoms with Crippen molar-refractivity contribution in [1.82, 2.24) is 20.1 Å². The van der Waals surface area contributed by atoms with Gasteiger partial charge < -0.3 is 20.3 Å². The molecule has 1 aliphatic rings. The van der Waals surface area contributed by atoms with Crippen LogP contribution in [0.4, 0.5) is 8.78 Å². The highest BCUT2D eigenvalue weighted by atomic mass is 19.2. The lowest BCUT2D eigenvalue weighted by molar-refractivity contribution is -0.137. The first-order valence-electron chi connectivity index (χ1n) is 16.3. The Bertz CT molecular complexity index is 1740. The van der Waals surface area contributed by atoms with Crippen LogP contribution in [0, 0.1) is 38.3 Å². The topological polar surface area (TPSA) is 121 Å². The van der Waals surface area contributed by atoms with Crippen LogP contribution < -0.4 is 16.2 Å². The number of amides is 2. The van der Waals surface area contributed by atoms with Crippen molar-refractivity contribution in [2.45, 2.75) is 91.9 Å². The van der Waals surface area contributed by atoms with Crippen LogP contribution in [0.2, 0.25) is 0 Å². The fourth-order valence-corrected chi connectivity index (χ4v) is 6.51. The van der Waals surface area contributed by atoms with Gasteiger partial charge in [-0.2, -0.15) is 0 Å². The summed E-state index contributed by atoms with van der Waals surface area (Å²) in [7, 11) is 0. The number of carbonyl (C=O) groups is 3. The van der Waals surface area contributed by atoms with Crippen LogP contribution in [-0.4, -0.2) is 57.0 Å². The largest absolute Gasteiger partial charge is 0.481 e. The maximum absolute atomic E-state index is 15.4. The van der Waals surface area contributed by atoms with E-state index in [-0.39, 0.29) is 29.0 Å². The van der Waals surface area contributed by atoms with Gasteiger partial charge in [0.1, 0.15) is 11.6 Å². The molecule has 11 heteroatoms. The third kappa shape index (κ3) is 8.36. The molecule has 2 heterocycles. The summed E-state index contributed by atoms with van der Waals surface area (Å²) in [4.78, 5) is 54.6. The van der Waals surface area contributed by atoms with Gasteiger partial charge in [0.05, 0.1) is 12.5 Å². The van der Waals surface area contributed by atoms with Crippen LogP contribution in [0.5, 0.6) is 0 Å². The van der Waals surface area contributed by atoms with Crippen molar-refractivity contribution in [2.24, 2.45) is 5.92 Å². The summed E-state index contributed by atoms with van der Waals surface area (Å²) in [6.07, 6.45) is 2.08. The molecule has 9 nitrogen and oxygen atoms in total. The predicted octanol–water partition coefficient (Wildman–Crippen LogP) is 5.68. The second-order valence-corrected chi connectivity index (χ2v) is 13.9. The molecule has 4 rings (SSSR count). The van der Waals surface area contributed by atoms with Gasteiger partial charge in [-0.25, -0.2) is 8.78 Å². The summed E-state index contributed by atoms with van der Waals surface area (Å²) in [6.45, 7) is 15.5. The molecule has 0 aliphatic carbocycles. The van der Waals surface area contributed by atoms with Gasteiger partial charge in [0.2, 0.25) is 5.91 Å². The van der Waals surface area contributed by atoms with E-state index < -0.39 is 53.5 Å². The highest BCUT2D eigenvalue weighted by Gasteiger charge is 2.35. The molecule has 0 spiro atoms. The number of aliphatic carboxylic acids is 1. The van der Waals surface area contributed by atoms with Gasteiger partial charge in [0.25, 0.3) is 11.5 Å². The zero-order valence-electron chi connectivity index (χ0n) is 28.7. The maximum Gasteiger partial charge on any atom is 0.305 e. The minimum atomic E-state index is -1.46. The van der Waals surface area contributed by atoms with Crippen molar-refractivity contribution in [3.63, 3.8) is 0 Å². The number of nitrogens with one attached hydrogen (secondary N) is 2. The summed E-state index contributed by atoms with van der Waals surface area (Å²) in [6, 6.07) is 6.57.